The maximum Gasteiger partial charge on any atom is 0.254 e. The molecule has 0 unspecified atom stereocenters. The molecular formula is C20H21NO3S. The predicted octanol–water partition coefficient (Wildman–Crippen LogP) is 3.48. The Bertz CT molecular complexity index is 820. The topological polar surface area (TPSA) is 38.8 Å². The van der Waals surface area contributed by atoms with Crippen molar-refractivity contribution in [3.05, 3.63) is 56.8 Å². The molecule has 1 saturated heterocycles. The van der Waals surface area contributed by atoms with Crippen molar-refractivity contribution in [2.24, 2.45) is 0 Å². The molecule has 0 aliphatic carbocycles. The zero-order valence-electron chi connectivity index (χ0n) is 14.1. The lowest BCUT2D eigenvalue weighted by Crippen LogP contribution is -2.48. The second-order valence-corrected chi connectivity index (χ2v) is 8.01. The van der Waals surface area contributed by atoms with E-state index in [0.717, 1.165) is 55.6 Å². The Balaban J connectivity index is 1.36. The highest BCUT2D eigenvalue weighted by Crippen LogP contribution is 2.44. The number of piperidine rings is 1. The van der Waals surface area contributed by atoms with E-state index in [-0.39, 0.29) is 11.5 Å². The van der Waals surface area contributed by atoms with E-state index >= 15 is 0 Å². The Labute approximate surface area is 151 Å². The zero-order valence-corrected chi connectivity index (χ0v) is 14.9. The maximum atomic E-state index is 13.1. The molecule has 3 aliphatic heterocycles. The van der Waals surface area contributed by atoms with E-state index in [2.05, 4.69) is 17.5 Å². The third-order valence-corrected chi connectivity index (χ3v) is 6.92. The summed E-state index contributed by atoms with van der Waals surface area (Å²) >= 11 is 1.81. The smallest absolute Gasteiger partial charge is 0.254 e. The van der Waals surface area contributed by atoms with E-state index in [0.29, 0.717) is 13.2 Å². The van der Waals surface area contributed by atoms with Gasteiger partial charge in [-0.15, -0.1) is 11.3 Å². The van der Waals surface area contributed by atoms with Gasteiger partial charge in [0, 0.05) is 23.5 Å². The minimum Gasteiger partial charge on any atom is -0.372 e. The molecule has 3 aliphatic rings. The van der Waals surface area contributed by atoms with Crippen LogP contribution in [0.4, 0.5) is 0 Å². The first-order chi connectivity index (χ1) is 12.3. The van der Waals surface area contributed by atoms with Gasteiger partial charge in [-0.1, -0.05) is 12.1 Å². The van der Waals surface area contributed by atoms with Crippen LogP contribution in [-0.4, -0.2) is 30.5 Å². The quantitative estimate of drug-likeness (QED) is 0.786. The standard InChI is InChI=1S/C20H21NO3S/c22-19(16-3-1-2-15-12-23-13-17(15)16)21-8-6-20(7-9-21)18-14(4-10-24-20)5-11-25-18/h1-3,5,11H,4,6-10,12-13H2. The Morgan fingerprint density at radius 2 is 2.00 bits per heavy atom. The number of fused-ring (bicyclic) bond motifs is 3. The fourth-order valence-corrected chi connectivity index (χ4v) is 5.54. The van der Waals surface area contributed by atoms with Crippen LogP contribution in [0.15, 0.2) is 29.6 Å². The number of carbonyl (C=O) groups excluding carboxylic acids is 1. The normalized spacial score (nSPS) is 21.2. The van der Waals surface area contributed by atoms with Gasteiger partial charge < -0.3 is 14.4 Å². The molecule has 1 fully saturated rings. The summed E-state index contributed by atoms with van der Waals surface area (Å²) in [5.74, 6) is 0.138. The van der Waals surface area contributed by atoms with E-state index in [9.17, 15) is 4.79 Å². The average Bonchev–Trinajstić information content (AvgIpc) is 3.31. The van der Waals surface area contributed by atoms with Crippen LogP contribution in [0, 0.1) is 0 Å². The molecule has 0 N–H and O–H groups in total. The molecule has 1 spiro atoms. The molecule has 5 heteroatoms. The molecule has 0 radical (unpaired) electrons. The van der Waals surface area contributed by atoms with Crippen molar-refractivity contribution in [1.82, 2.24) is 4.90 Å². The molecule has 1 aromatic carbocycles. The van der Waals surface area contributed by atoms with Gasteiger partial charge in [0.2, 0.25) is 0 Å². The number of benzene rings is 1. The first-order valence-electron chi connectivity index (χ1n) is 8.95. The monoisotopic (exact) mass is 355 g/mol. The van der Waals surface area contributed by atoms with Crippen LogP contribution in [0.2, 0.25) is 0 Å². The van der Waals surface area contributed by atoms with Crippen LogP contribution in [0.3, 0.4) is 0 Å². The van der Waals surface area contributed by atoms with Gasteiger partial charge in [-0.2, -0.15) is 0 Å². The number of nitrogens with zero attached hydrogens (tertiary/aromatic N) is 1. The lowest BCUT2D eigenvalue weighted by atomic mass is 9.85. The van der Waals surface area contributed by atoms with Crippen molar-refractivity contribution in [2.45, 2.75) is 38.1 Å². The van der Waals surface area contributed by atoms with Crippen molar-refractivity contribution in [3.63, 3.8) is 0 Å². The average molecular weight is 355 g/mol. The lowest BCUT2D eigenvalue weighted by Gasteiger charge is -2.43. The van der Waals surface area contributed by atoms with Gasteiger partial charge in [0.25, 0.3) is 5.91 Å². The lowest BCUT2D eigenvalue weighted by molar-refractivity contribution is -0.0906. The zero-order chi connectivity index (χ0) is 16.9. The van der Waals surface area contributed by atoms with Gasteiger partial charge in [0.15, 0.2) is 0 Å². The van der Waals surface area contributed by atoms with E-state index in [1.165, 1.54) is 10.4 Å². The molecule has 2 aromatic rings. The number of hydrogen-bond donors (Lipinski definition) is 0. The van der Waals surface area contributed by atoms with Crippen LogP contribution in [0.25, 0.3) is 0 Å². The fourth-order valence-electron chi connectivity index (χ4n) is 4.37. The highest BCUT2D eigenvalue weighted by Gasteiger charge is 2.42. The number of likely N-dealkylation sites (tertiary alicyclic amines) is 1. The number of carbonyl (C=O) groups is 1. The summed E-state index contributed by atoms with van der Waals surface area (Å²) in [5.41, 5.74) is 4.31. The molecule has 0 bridgehead atoms. The first-order valence-corrected chi connectivity index (χ1v) is 9.83. The summed E-state index contributed by atoms with van der Waals surface area (Å²) in [4.78, 5) is 16.4. The second-order valence-electron chi connectivity index (χ2n) is 7.10. The molecule has 0 atom stereocenters. The van der Waals surface area contributed by atoms with Crippen LogP contribution in [-0.2, 0) is 34.7 Å². The highest BCUT2D eigenvalue weighted by atomic mass is 32.1. The Hall–Kier alpha value is -1.69. The number of amides is 1. The van der Waals surface area contributed by atoms with E-state index in [4.69, 9.17) is 9.47 Å². The molecular weight excluding hydrogens is 334 g/mol. The molecule has 4 nitrogen and oxygen atoms in total. The molecule has 4 heterocycles. The first kappa shape index (κ1) is 15.6. The molecule has 1 amide bonds. The van der Waals surface area contributed by atoms with Crippen molar-refractivity contribution >= 4 is 17.2 Å². The van der Waals surface area contributed by atoms with Crippen molar-refractivity contribution < 1.29 is 14.3 Å². The predicted molar refractivity (Wildman–Crippen MR) is 95.7 cm³/mol. The van der Waals surface area contributed by atoms with Gasteiger partial charge in [0.1, 0.15) is 5.60 Å². The van der Waals surface area contributed by atoms with Gasteiger partial charge in [-0.3, -0.25) is 4.79 Å². The van der Waals surface area contributed by atoms with Crippen LogP contribution in [0.1, 0.15) is 44.8 Å². The minimum atomic E-state index is -0.166. The minimum absolute atomic E-state index is 0.138. The van der Waals surface area contributed by atoms with E-state index < -0.39 is 0 Å². The van der Waals surface area contributed by atoms with E-state index in [1.807, 2.05) is 28.4 Å². The summed E-state index contributed by atoms with van der Waals surface area (Å²) in [6, 6.07) is 8.19. The summed E-state index contributed by atoms with van der Waals surface area (Å²) in [6.45, 7) is 3.47. The molecule has 130 valence electrons. The summed E-state index contributed by atoms with van der Waals surface area (Å²) in [7, 11) is 0. The third kappa shape index (κ3) is 2.45. The Morgan fingerprint density at radius 3 is 2.88 bits per heavy atom. The van der Waals surface area contributed by atoms with Gasteiger partial charge >= 0.3 is 0 Å². The molecule has 1 aromatic heterocycles. The van der Waals surface area contributed by atoms with Crippen LogP contribution in [0.5, 0.6) is 0 Å². The largest absolute Gasteiger partial charge is 0.372 e. The summed E-state index contributed by atoms with van der Waals surface area (Å²) in [5, 5.41) is 2.17. The van der Waals surface area contributed by atoms with Gasteiger partial charge in [-0.05, 0) is 53.5 Å². The number of hydrogen-bond acceptors (Lipinski definition) is 4. The number of thiophene rings is 1. The molecule has 25 heavy (non-hydrogen) atoms. The summed E-state index contributed by atoms with van der Waals surface area (Å²) in [6.07, 6.45) is 2.79. The van der Waals surface area contributed by atoms with Crippen molar-refractivity contribution in [1.29, 1.82) is 0 Å². The fraction of sp³-hybridized carbons (Fsp3) is 0.450. The maximum absolute atomic E-state index is 13.1. The Morgan fingerprint density at radius 1 is 1.12 bits per heavy atom. The number of rotatable bonds is 1. The van der Waals surface area contributed by atoms with Gasteiger partial charge in [-0.25, -0.2) is 0 Å². The summed E-state index contributed by atoms with van der Waals surface area (Å²) < 4.78 is 11.8. The van der Waals surface area contributed by atoms with Gasteiger partial charge in [0.05, 0.1) is 19.8 Å². The van der Waals surface area contributed by atoms with E-state index in [1.54, 1.807) is 0 Å². The molecule has 0 saturated carbocycles. The van der Waals surface area contributed by atoms with Crippen LogP contribution < -0.4 is 0 Å². The highest BCUT2D eigenvalue weighted by molar-refractivity contribution is 7.10. The van der Waals surface area contributed by atoms with Crippen LogP contribution >= 0.6 is 11.3 Å². The number of ether oxygens (including phenoxy) is 2. The Kier molecular flexibility index (Phi) is 3.69. The third-order valence-electron chi connectivity index (χ3n) is 5.78. The second kappa shape index (κ2) is 5.94. The van der Waals surface area contributed by atoms with Crippen molar-refractivity contribution in [2.75, 3.05) is 19.7 Å². The van der Waals surface area contributed by atoms with Crippen molar-refractivity contribution in [3.8, 4) is 0 Å². The molecule has 5 rings (SSSR count). The SMILES string of the molecule is O=C(c1cccc2c1COC2)N1CCC2(CC1)OCCc1ccsc12.